The standard InChI is InChI=1S/C43H27N3O/c1-4-12-28(13-5-1)29-20-22-30(23-21-29)35-25-37(40-36-24-33-18-10-11-19-34(33)26-38(36)47-39(40)27-35)43-45-41(31-14-6-2-7-15-31)44-42(46-43)32-16-8-3-9-17-32/h1-27H. The van der Waals surface area contributed by atoms with E-state index in [0.29, 0.717) is 17.5 Å². The van der Waals surface area contributed by atoms with E-state index < -0.39 is 0 Å². The zero-order valence-corrected chi connectivity index (χ0v) is 25.3. The Hall–Kier alpha value is -6.39. The molecule has 0 bridgehead atoms. The van der Waals surface area contributed by atoms with Gasteiger partial charge in [-0.25, -0.2) is 15.0 Å². The molecule has 47 heavy (non-hydrogen) atoms. The predicted molar refractivity (Wildman–Crippen MR) is 192 cm³/mol. The van der Waals surface area contributed by atoms with Crippen LogP contribution in [0, 0.1) is 0 Å². The Morgan fingerprint density at radius 1 is 0.340 bits per heavy atom. The Kier molecular flexibility index (Phi) is 6.43. The third kappa shape index (κ3) is 4.93. The van der Waals surface area contributed by atoms with E-state index in [-0.39, 0.29) is 0 Å². The van der Waals surface area contributed by atoms with Gasteiger partial charge >= 0.3 is 0 Å². The van der Waals surface area contributed by atoms with Gasteiger partial charge in [0.15, 0.2) is 17.5 Å². The molecule has 2 aromatic heterocycles. The Balaban J connectivity index is 1.31. The van der Waals surface area contributed by atoms with Crippen molar-refractivity contribution in [2.75, 3.05) is 0 Å². The van der Waals surface area contributed by atoms with Crippen molar-refractivity contribution in [3.63, 3.8) is 0 Å². The lowest BCUT2D eigenvalue weighted by Crippen LogP contribution is -2.00. The first kappa shape index (κ1) is 27.0. The highest BCUT2D eigenvalue weighted by molar-refractivity contribution is 6.16. The van der Waals surface area contributed by atoms with E-state index in [1.54, 1.807) is 0 Å². The van der Waals surface area contributed by atoms with E-state index in [9.17, 15) is 0 Å². The third-order valence-corrected chi connectivity index (χ3v) is 8.70. The van der Waals surface area contributed by atoms with Gasteiger partial charge in [0.25, 0.3) is 0 Å². The molecule has 0 radical (unpaired) electrons. The highest BCUT2D eigenvalue weighted by Crippen LogP contribution is 2.41. The quantitative estimate of drug-likeness (QED) is 0.197. The van der Waals surface area contributed by atoms with Crippen LogP contribution in [-0.4, -0.2) is 15.0 Å². The van der Waals surface area contributed by atoms with E-state index in [1.165, 1.54) is 11.1 Å². The van der Waals surface area contributed by atoms with E-state index in [4.69, 9.17) is 19.4 Å². The molecule has 2 heterocycles. The topological polar surface area (TPSA) is 51.8 Å². The second-order valence-electron chi connectivity index (χ2n) is 11.7. The second kappa shape index (κ2) is 11.2. The van der Waals surface area contributed by atoms with Crippen LogP contribution in [0.3, 0.4) is 0 Å². The van der Waals surface area contributed by atoms with Crippen LogP contribution in [0.5, 0.6) is 0 Å². The summed E-state index contributed by atoms with van der Waals surface area (Å²) in [7, 11) is 0. The fourth-order valence-electron chi connectivity index (χ4n) is 6.35. The average Bonchev–Trinajstić information content (AvgIpc) is 3.51. The SMILES string of the molecule is c1ccc(-c2ccc(-c3cc(-c4nc(-c5ccccc5)nc(-c5ccccc5)n4)c4c(c3)oc3cc5ccccc5cc34)cc2)cc1. The van der Waals surface area contributed by atoms with Gasteiger partial charge < -0.3 is 4.42 Å². The van der Waals surface area contributed by atoms with Gasteiger partial charge in [-0.05, 0) is 57.3 Å². The fraction of sp³-hybridized carbons (Fsp3) is 0. The molecule has 0 atom stereocenters. The first-order valence-electron chi connectivity index (χ1n) is 15.7. The van der Waals surface area contributed by atoms with Crippen LogP contribution in [0.1, 0.15) is 0 Å². The van der Waals surface area contributed by atoms with Gasteiger partial charge in [-0.2, -0.15) is 0 Å². The molecule has 0 aliphatic heterocycles. The van der Waals surface area contributed by atoms with Gasteiger partial charge in [0, 0.05) is 27.5 Å². The number of nitrogens with zero attached hydrogens (tertiary/aromatic N) is 3. The highest BCUT2D eigenvalue weighted by atomic mass is 16.3. The van der Waals surface area contributed by atoms with Crippen LogP contribution in [0.15, 0.2) is 168 Å². The Bertz CT molecular complexity index is 2480. The molecule has 7 aromatic carbocycles. The van der Waals surface area contributed by atoms with Crippen molar-refractivity contribution < 1.29 is 4.42 Å². The molecule has 0 N–H and O–H groups in total. The van der Waals surface area contributed by atoms with E-state index in [1.807, 2.05) is 66.7 Å². The number of furan rings is 1. The first-order chi connectivity index (χ1) is 23.3. The maximum Gasteiger partial charge on any atom is 0.164 e. The summed E-state index contributed by atoms with van der Waals surface area (Å²) in [5.41, 5.74) is 8.85. The zero-order valence-electron chi connectivity index (χ0n) is 25.3. The number of aromatic nitrogens is 3. The molecule has 0 fully saturated rings. The van der Waals surface area contributed by atoms with E-state index in [2.05, 4.69) is 97.1 Å². The molecule has 9 rings (SSSR count). The normalized spacial score (nSPS) is 11.4. The summed E-state index contributed by atoms with van der Waals surface area (Å²) in [6, 6.07) is 56.3. The van der Waals surface area contributed by atoms with Crippen molar-refractivity contribution in [2.45, 2.75) is 0 Å². The smallest absolute Gasteiger partial charge is 0.164 e. The Morgan fingerprint density at radius 3 is 1.40 bits per heavy atom. The molecule has 220 valence electrons. The van der Waals surface area contributed by atoms with Gasteiger partial charge in [-0.15, -0.1) is 0 Å². The van der Waals surface area contributed by atoms with Crippen molar-refractivity contribution in [1.29, 1.82) is 0 Å². The van der Waals surface area contributed by atoms with Crippen LogP contribution in [0.2, 0.25) is 0 Å². The Morgan fingerprint density at radius 2 is 0.809 bits per heavy atom. The van der Waals surface area contributed by atoms with Crippen LogP contribution in [0.25, 0.3) is 89.1 Å². The summed E-state index contributed by atoms with van der Waals surface area (Å²) in [6.45, 7) is 0. The maximum atomic E-state index is 6.64. The van der Waals surface area contributed by atoms with Crippen molar-refractivity contribution in [1.82, 2.24) is 15.0 Å². The van der Waals surface area contributed by atoms with Crippen LogP contribution in [-0.2, 0) is 0 Å². The minimum absolute atomic E-state index is 0.598. The van der Waals surface area contributed by atoms with Crippen molar-refractivity contribution in [3.8, 4) is 56.4 Å². The molecule has 0 saturated carbocycles. The number of benzene rings is 7. The van der Waals surface area contributed by atoms with Crippen molar-refractivity contribution >= 4 is 32.7 Å². The Labute approximate surface area is 271 Å². The van der Waals surface area contributed by atoms with Gasteiger partial charge in [0.2, 0.25) is 0 Å². The largest absolute Gasteiger partial charge is 0.456 e. The summed E-state index contributed by atoms with van der Waals surface area (Å²) in [6.07, 6.45) is 0. The predicted octanol–water partition coefficient (Wildman–Crippen LogP) is 11.3. The molecule has 4 nitrogen and oxygen atoms in total. The van der Waals surface area contributed by atoms with Gasteiger partial charge in [0.05, 0.1) is 0 Å². The molecule has 9 aromatic rings. The zero-order chi connectivity index (χ0) is 31.2. The van der Waals surface area contributed by atoms with Gasteiger partial charge in [-0.1, -0.05) is 140 Å². The number of rotatable bonds is 5. The molecular formula is C43H27N3O. The summed E-state index contributed by atoms with van der Waals surface area (Å²) in [5.74, 6) is 1.85. The van der Waals surface area contributed by atoms with Gasteiger partial charge in [0.1, 0.15) is 11.2 Å². The lowest BCUT2D eigenvalue weighted by atomic mass is 9.96. The number of fused-ring (bicyclic) bond motifs is 4. The van der Waals surface area contributed by atoms with Crippen molar-refractivity contribution in [2.24, 2.45) is 0 Å². The molecule has 0 spiro atoms. The first-order valence-corrected chi connectivity index (χ1v) is 15.7. The number of hydrogen-bond donors (Lipinski definition) is 0. The molecule has 4 heteroatoms. The van der Waals surface area contributed by atoms with E-state index >= 15 is 0 Å². The number of hydrogen-bond acceptors (Lipinski definition) is 4. The fourth-order valence-corrected chi connectivity index (χ4v) is 6.35. The van der Waals surface area contributed by atoms with Crippen LogP contribution < -0.4 is 0 Å². The third-order valence-electron chi connectivity index (χ3n) is 8.70. The minimum Gasteiger partial charge on any atom is -0.456 e. The molecule has 0 amide bonds. The molecular weight excluding hydrogens is 574 g/mol. The summed E-state index contributed by atoms with van der Waals surface area (Å²) < 4.78 is 6.64. The lowest BCUT2D eigenvalue weighted by molar-refractivity contribution is 0.669. The molecule has 0 unspecified atom stereocenters. The maximum absolute atomic E-state index is 6.64. The average molecular weight is 602 g/mol. The molecule has 0 aliphatic carbocycles. The molecule has 0 saturated heterocycles. The van der Waals surface area contributed by atoms with Crippen LogP contribution in [0.4, 0.5) is 0 Å². The van der Waals surface area contributed by atoms with Crippen LogP contribution >= 0.6 is 0 Å². The monoisotopic (exact) mass is 601 g/mol. The lowest BCUT2D eigenvalue weighted by Gasteiger charge is -2.11. The summed E-state index contributed by atoms with van der Waals surface area (Å²) in [5, 5.41) is 4.30. The van der Waals surface area contributed by atoms with Crippen molar-refractivity contribution in [3.05, 3.63) is 164 Å². The summed E-state index contributed by atoms with van der Waals surface area (Å²) in [4.78, 5) is 15.2. The minimum atomic E-state index is 0.598. The summed E-state index contributed by atoms with van der Waals surface area (Å²) >= 11 is 0. The van der Waals surface area contributed by atoms with Gasteiger partial charge in [-0.3, -0.25) is 0 Å². The molecule has 0 aliphatic rings. The van der Waals surface area contributed by atoms with E-state index in [0.717, 1.165) is 60.5 Å². The highest BCUT2D eigenvalue weighted by Gasteiger charge is 2.20. The second-order valence-corrected chi connectivity index (χ2v) is 11.7.